The summed E-state index contributed by atoms with van der Waals surface area (Å²) in [6, 6.07) is 2.95. The SMILES string of the molecule is CN1CCC(Nc2c(Cl)cc([N+](=O)[O-])cc2Cl)CC1. The quantitative estimate of drug-likeness (QED) is 0.687. The molecular formula is C12H15Cl2N3O2. The highest BCUT2D eigenvalue weighted by molar-refractivity contribution is 6.39. The zero-order valence-corrected chi connectivity index (χ0v) is 12.0. The van der Waals surface area contributed by atoms with Crippen molar-refractivity contribution in [2.75, 3.05) is 25.5 Å². The molecule has 1 aromatic carbocycles. The Bertz CT molecular complexity index is 465. The summed E-state index contributed by atoms with van der Waals surface area (Å²) in [5.41, 5.74) is 0.493. The molecule has 1 fully saturated rings. The van der Waals surface area contributed by atoms with Gasteiger partial charge in [0.25, 0.3) is 5.69 Å². The molecular weight excluding hydrogens is 289 g/mol. The van der Waals surface area contributed by atoms with E-state index in [0.717, 1.165) is 25.9 Å². The van der Waals surface area contributed by atoms with Crippen molar-refractivity contribution >= 4 is 34.6 Å². The molecule has 0 spiro atoms. The van der Waals surface area contributed by atoms with Crippen LogP contribution >= 0.6 is 23.2 Å². The fraction of sp³-hybridized carbons (Fsp3) is 0.500. The second kappa shape index (κ2) is 5.94. The van der Waals surface area contributed by atoms with Gasteiger partial charge in [-0.2, -0.15) is 0 Å². The van der Waals surface area contributed by atoms with Crippen molar-refractivity contribution in [3.63, 3.8) is 0 Å². The van der Waals surface area contributed by atoms with E-state index >= 15 is 0 Å². The highest BCUT2D eigenvalue weighted by atomic mass is 35.5. The van der Waals surface area contributed by atoms with Crippen molar-refractivity contribution in [1.29, 1.82) is 0 Å². The number of non-ortho nitro benzene ring substituents is 1. The van der Waals surface area contributed by atoms with E-state index in [9.17, 15) is 10.1 Å². The molecule has 1 N–H and O–H groups in total. The Morgan fingerprint density at radius 1 is 1.32 bits per heavy atom. The van der Waals surface area contributed by atoms with Crippen LogP contribution in [0.5, 0.6) is 0 Å². The molecule has 1 aromatic rings. The number of rotatable bonds is 3. The van der Waals surface area contributed by atoms with Gasteiger partial charge in [-0.25, -0.2) is 0 Å². The van der Waals surface area contributed by atoms with Gasteiger partial charge in [-0.3, -0.25) is 10.1 Å². The van der Waals surface area contributed by atoms with Crippen molar-refractivity contribution in [3.8, 4) is 0 Å². The number of hydrogen-bond acceptors (Lipinski definition) is 4. The van der Waals surface area contributed by atoms with Crippen molar-refractivity contribution in [2.24, 2.45) is 0 Å². The average Bonchev–Trinajstić information content (AvgIpc) is 2.35. The monoisotopic (exact) mass is 303 g/mol. The summed E-state index contributed by atoms with van der Waals surface area (Å²) in [5, 5.41) is 14.6. The van der Waals surface area contributed by atoms with Crippen LogP contribution in [0.3, 0.4) is 0 Å². The smallest absolute Gasteiger partial charge is 0.272 e. The Morgan fingerprint density at radius 3 is 2.32 bits per heavy atom. The highest BCUT2D eigenvalue weighted by Gasteiger charge is 2.20. The number of nitro benzene ring substituents is 1. The molecule has 0 aromatic heterocycles. The molecule has 0 atom stereocenters. The number of hydrogen-bond donors (Lipinski definition) is 1. The maximum Gasteiger partial charge on any atom is 0.272 e. The van der Waals surface area contributed by atoms with Crippen LogP contribution in [-0.2, 0) is 0 Å². The lowest BCUT2D eigenvalue weighted by molar-refractivity contribution is -0.384. The summed E-state index contributed by atoms with van der Waals surface area (Å²) < 4.78 is 0. The van der Waals surface area contributed by atoms with Crippen molar-refractivity contribution < 1.29 is 4.92 Å². The summed E-state index contributed by atoms with van der Waals surface area (Å²) in [6.45, 7) is 2.03. The van der Waals surface area contributed by atoms with Crippen LogP contribution in [0.25, 0.3) is 0 Å². The fourth-order valence-corrected chi connectivity index (χ4v) is 2.74. The maximum absolute atomic E-state index is 10.7. The van der Waals surface area contributed by atoms with Gasteiger partial charge >= 0.3 is 0 Å². The molecule has 7 heteroatoms. The minimum Gasteiger partial charge on any atom is -0.380 e. The van der Waals surface area contributed by atoms with E-state index in [1.807, 2.05) is 0 Å². The van der Waals surface area contributed by atoms with Gasteiger partial charge in [-0.05, 0) is 33.0 Å². The lowest BCUT2D eigenvalue weighted by Crippen LogP contribution is -2.36. The first-order valence-electron chi connectivity index (χ1n) is 6.06. The minimum absolute atomic E-state index is 0.0936. The van der Waals surface area contributed by atoms with Crippen molar-refractivity contribution in [1.82, 2.24) is 4.90 Å². The van der Waals surface area contributed by atoms with E-state index in [0.29, 0.717) is 11.7 Å². The van der Waals surface area contributed by atoms with Crippen LogP contribution in [0, 0.1) is 10.1 Å². The van der Waals surface area contributed by atoms with Gasteiger partial charge in [-0.15, -0.1) is 0 Å². The predicted octanol–water partition coefficient (Wildman–Crippen LogP) is 3.41. The lowest BCUT2D eigenvalue weighted by Gasteiger charge is -2.30. The predicted molar refractivity (Wildman–Crippen MR) is 77.3 cm³/mol. The first-order chi connectivity index (χ1) is 8.97. The van der Waals surface area contributed by atoms with Crippen LogP contribution in [0.2, 0.25) is 10.0 Å². The Balaban J connectivity index is 2.14. The van der Waals surface area contributed by atoms with Crippen LogP contribution < -0.4 is 5.32 Å². The molecule has 2 rings (SSSR count). The highest BCUT2D eigenvalue weighted by Crippen LogP contribution is 2.35. The Labute approximate surface area is 121 Å². The molecule has 0 aliphatic carbocycles. The molecule has 5 nitrogen and oxygen atoms in total. The van der Waals surface area contributed by atoms with Crippen LogP contribution in [-0.4, -0.2) is 36.0 Å². The molecule has 1 aliphatic rings. The van der Waals surface area contributed by atoms with E-state index in [1.165, 1.54) is 12.1 Å². The summed E-state index contributed by atoms with van der Waals surface area (Å²) in [7, 11) is 2.09. The van der Waals surface area contributed by atoms with E-state index < -0.39 is 4.92 Å². The summed E-state index contributed by atoms with van der Waals surface area (Å²) in [4.78, 5) is 12.5. The van der Waals surface area contributed by atoms with Crippen LogP contribution in [0.4, 0.5) is 11.4 Å². The minimum atomic E-state index is -0.503. The number of benzene rings is 1. The molecule has 1 heterocycles. The molecule has 0 amide bonds. The van der Waals surface area contributed by atoms with Gasteiger partial charge in [0.05, 0.1) is 20.7 Å². The lowest BCUT2D eigenvalue weighted by atomic mass is 10.1. The molecule has 0 bridgehead atoms. The van der Waals surface area contributed by atoms with Gasteiger partial charge in [0.15, 0.2) is 0 Å². The largest absolute Gasteiger partial charge is 0.380 e. The number of nitro groups is 1. The standard InChI is InChI=1S/C12H15Cl2N3O2/c1-16-4-2-8(3-5-16)15-12-10(13)6-9(17(18)19)7-11(12)14/h6-8,15H,2-5H2,1H3. The third kappa shape index (κ3) is 3.49. The Hall–Kier alpha value is -1.04. The molecule has 19 heavy (non-hydrogen) atoms. The summed E-state index contributed by atoms with van der Waals surface area (Å²) >= 11 is 12.1. The second-order valence-electron chi connectivity index (χ2n) is 4.76. The zero-order valence-electron chi connectivity index (χ0n) is 10.5. The third-order valence-corrected chi connectivity index (χ3v) is 3.90. The van der Waals surface area contributed by atoms with Crippen molar-refractivity contribution in [2.45, 2.75) is 18.9 Å². The number of anilines is 1. The molecule has 104 valence electrons. The van der Waals surface area contributed by atoms with Gasteiger partial charge in [0, 0.05) is 18.2 Å². The maximum atomic E-state index is 10.7. The topological polar surface area (TPSA) is 58.4 Å². The number of nitrogens with one attached hydrogen (secondary N) is 1. The number of nitrogens with zero attached hydrogens (tertiary/aromatic N) is 2. The van der Waals surface area contributed by atoms with Gasteiger partial charge in [0.2, 0.25) is 0 Å². The van der Waals surface area contributed by atoms with Crippen LogP contribution in [0.1, 0.15) is 12.8 Å². The molecule has 1 saturated heterocycles. The van der Waals surface area contributed by atoms with E-state index in [1.54, 1.807) is 0 Å². The average molecular weight is 304 g/mol. The fourth-order valence-electron chi connectivity index (χ4n) is 2.16. The molecule has 1 aliphatic heterocycles. The number of halogens is 2. The van der Waals surface area contributed by atoms with Gasteiger partial charge < -0.3 is 10.2 Å². The molecule has 0 unspecified atom stereocenters. The first-order valence-corrected chi connectivity index (χ1v) is 6.81. The van der Waals surface area contributed by atoms with Crippen LogP contribution in [0.15, 0.2) is 12.1 Å². The van der Waals surface area contributed by atoms with Gasteiger partial charge in [-0.1, -0.05) is 23.2 Å². The molecule has 0 saturated carbocycles. The zero-order chi connectivity index (χ0) is 14.0. The number of piperidine rings is 1. The summed E-state index contributed by atoms with van der Waals surface area (Å²) in [5.74, 6) is 0. The third-order valence-electron chi connectivity index (χ3n) is 3.30. The summed E-state index contributed by atoms with van der Waals surface area (Å²) in [6.07, 6.45) is 2.00. The van der Waals surface area contributed by atoms with E-state index in [2.05, 4.69) is 17.3 Å². The Kier molecular flexibility index (Phi) is 4.50. The Morgan fingerprint density at radius 2 is 1.84 bits per heavy atom. The van der Waals surface area contributed by atoms with Crippen molar-refractivity contribution in [3.05, 3.63) is 32.3 Å². The molecule has 0 radical (unpaired) electrons. The van der Waals surface area contributed by atoms with E-state index in [-0.39, 0.29) is 15.7 Å². The first kappa shape index (κ1) is 14.4. The van der Waals surface area contributed by atoms with Gasteiger partial charge in [0.1, 0.15) is 0 Å². The second-order valence-corrected chi connectivity index (χ2v) is 5.58. The van der Waals surface area contributed by atoms with E-state index in [4.69, 9.17) is 23.2 Å². The normalized spacial score (nSPS) is 17.4. The number of likely N-dealkylation sites (tertiary alicyclic amines) is 1.